The maximum atomic E-state index is 12.8. The largest absolute Gasteiger partial charge is 0.455 e. The smallest absolute Gasteiger partial charge is 0.279 e. The molecular formula is C20H15N3O6. The second kappa shape index (κ2) is 8.17. The summed E-state index contributed by atoms with van der Waals surface area (Å²) in [6.45, 7) is 1.36. The Morgan fingerprint density at radius 1 is 0.931 bits per heavy atom. The molecule has 0 saturated heterocycles. The highest BCUT2D eigenvalue weighted by molar-refractivity contribution is 6.07. The van der Waals surface area contributed by atoms with E-state index in [4.69, 9.17) is 4.74 Å². The predicted octanol–water partition coefficient (Wildman–Crippen LogP) is 4.86. The third-order valence-electron chi connectivity index (χ3n) is 4.12. The van der Waals surface area contributed by atoms with Gasteiger partial charge in [0.1, 0.15) is 5.75 Å². The second-order valence-electron chi connectivity index (χ2n) is 6.02. The third kappa shape index (κ3) is 4.35. The van der Waals surface area contributed by atoms with E-state index in [0.29, 0.717) is 17.2 Å². The van der Waals surface area contributed by atoms with Crippen molar-refractivity contribution in [1.82, 2.24) is 0 Å². The fourth-order valence-electron chi connectivity index (χ4n) is 2.68. The summed E-state index contributed by atoms with van der Waals surface area (Å²) in [6, 6.07) is 17.4. The summed E-state index contributed by atoms with van der Waals surface area (Å²) in [7, 11) is 0. The van der Waals surface area contributed by atoms with Gasteiger partial charge in [0.25, 0.3) is 17.3 Å². The van der Waals surface area contributed by atoms with E-state index in [1.165, 1.54) is 6.92 Å². The van der Waals surface area contributed by atoms with E-state index in [2.05, 4.69) is 5.32 Å². The van der Waals surface area contributed by atoms with Crippen LogP contribution in [0.15, 0.2) is 66.7 Å². The van der Waals surface area contributed by atoms with Crippen LogP contribution < -0.4 is 10.1 Å². The maximum Gasteiger partial charge on any atom is 0.279 e. The number of benzene rings is 3. The first-order valence-corrected chi connectivity index (χ1v) is 8.43. The minimum atomic E-state index is -0.782. The molecule has 0 bridgehead atoms. The molecule has 1 amide bonds. The zero-order valence-corrected chi connectivity index (χ0v) is 15.2. The molecule has 0 saturated carbocycles. The number of carbonyl (C=O) groups is 1. The molecule has 29 heavy (non-hydrogen) atoms. The molecule has 0 unspecified atom stereocenters. The minimum Gasteiger partial charge on any atom is -0.455 e. The van der Waals surface area contributed by atoms with Gasteiger partial charge in [-0.2, -0.15) is 0 Å². The van der Waals surface area contributed by atoms with Crippen molar-refractivity contribution in [2.24, 2.45) is 0 Å². The minimum absolute atomic E-state index is 0.0274. The number of non-ortho nitro benzene ring substituents is 1. The number of anilines is 1. The monoisotopic (exact) mass is 393 g/mol. The number of nitrogens with one attached hydrogen (secondary N) is 1. The Labute approximate surface area is 164 Å². The van der Waals surface area contributed by atoms with Crippen LogP contribution in [0, 0.1) is 27.2 Å². The molecule has 9 heteroatoms. The number of hydrogen-bond donors (Lipinski definition) is 1. The van der Waals surface area contributed by atoms with Crippen molar-refractivity contribution >= 4 is 23.0 Å². The number of nitro benzene ring substituents is 2. The van der Waals surface area contributed by atoms with E-state index in [1.54, 1.807) is 48.5 Å². The van der Waals surface area contributed by atoms with Crippen LogP contribution in [-0.2, 0) is 0 Å². The highest BCUT2D eigenvalue weighted by Crippen LogP contribution is 2.32. The number of nitro groups is 2. The molecule has 3 rings (SSSR count). The van der Waals surface area contributed by atoms with Gasteiger partial charge in [-0.05, 0) is 31.2 Å². The highest BCUT2D eigenvalue weighted by atomic mass is 16.6. The molecule has 0 aliphatic heterocycles. The Morgan fingerprint density at radius 3 is 2.24 bits per heavy atom. The Hall–Kier alpha value is -4.27. The molecule has 9 nitrogen and oxygen atoms in total. The molecule has 3 aromatic rings. The van der Waals surface area contributed by atoms with Gasteiger partial charge in [0.05, 0.1) is 27.2 Å². The molecule has 3 aromatic carbocycles. The molecule has 0 atom stereocenters. The summed E-state index contributed by atoms with van der Waals surface area (Å²) in [4.78, 5) is 33.6. The van der Waals surface area contributed by atoms with Crippen molar-refractivity contribution in [3.63, 3.8) is 0 Å². The number of amides is 1. The molecule has 0 fully saturated rings. The van der Waals surface area contributed by atoms with Gasteiger partial charge in [-0.25, -0.2) is 0 Å². The number of rotatable bonds is 6. The normalized spacial score (nSPS) is 10.2. The van der Waals surface area contributed by atoms with Crippen LogP contribution in [0.5, 0.6) is 11.5 Å². The average molecular weight is 393 g/mol. The van der Waals surface area contributed by atoms with Crippen molar-refractivity contribution < 1.29 is 19.4 Å². The quantitative estimate of drug-likeness (QED) is 0.471. The van der Waals surface area contributed by atoms with Crippen LogP contribution >= 0.6 is 0 Å². The number of hydrogen-bond acceptors (Lipinski definition) is 6. The Kier molecular flexibility index (Phi) is 5.49. The SMILES string of the molecule is Cc1c(C(=O)Nc2ccccc2Oc2ccccc2)cc([N+](=O)[O-])cc1[N+](=O)[O-]. The second-order valence-corrected chi connectivity index (χ2v) is 6.02. The molecule has 0 aromatic heterocycles. The van der Waals surface area contributed by atoms with E-state index in [9.17, 15) is 25.0 Å². The first-order chi connectivity index (χ1) is 13.9. The Balaban J connectivity index is 1.95. The zero-order chi connectivity index (χ0) is 21.0. The molecule has 0 spiro atoms. The molecule has 146 valence electrons. The van der Waals surface area contributed by atoms with Crippen LogP contribution in [0.3, 0.4) is 0 Å². The summed E-state index contributed by atoms with van der Waals surface area (Å²) < 4.78 is 5.77. The van der Waals surface area contributed by atoms with Gasteiger partial charge in [0, 0.05) is 11.6 Å². The predicted molar refractivity (Wildman–Crippen MR) is 105 cm³/mol. The van der Waals surface area contributed by atoms with E-state index < -0.39 is 27.1 Å². The number of nitrogens with zero attached hydrogens (tertiary/aromatic N) is 2. The van der Waals surface area contributed by atoms with Crippen LogP contribution in [0.1, 0.15) is 15.9 Å². The Morgan fingerprint density at radius 2 is 1.59 bits per heavy atom. The third-order valence-corrected chi connectivity index (χ3v) is 4.12. The molecule has 0 aliphatic carbocycles. The topological polar surface area (TPSA) is 125 Å². The van der Waals surface area contributed by atoms with Gasteiger partial charge in [-0.3, -0.25) is 25.0 Å². The lowest BCUT2D eigenvalue weighted by Gasteiger charge is -2.13. The van der Waals surface area contributed by atoms with Gasteiger partial charge >= 0.3 is 0 Å². The summed E-state index contributed by atoms with van der Waals surface area (Å²) in [5.41, 5.74) is -0.866. The lowest BCUT2D eigenvalue weighted by atomic mass is 10.0. The maximum absolute atomic E-state index is 12.8. The van der Waals surface area contributed by atoms with Crippen molar-refractivity contribution in [2.75, 3.05) is 5.32 Å². The standard InChI is InChI=1S/C20H15N3O6/c1-13-16(11-14(22(25)26)12-18(13)23(27)28)20(24)21-17-9-5-6-10-19(17)29-15-7-3-2-4-8-15/h2-12H,1H3,(H,21,24). The molecule has 0 heterocycles. The van der Waals surface area contributed by atoms with Crippen LogP contribution in [-0.4, -0.2) is 15.8 Å². The van der Waals surface area contributed by atoms with E-state index >= 15 is 0 Å². The van der Waals surface area contributed by atoms with Gasteiger partial charge in [-0.15, -0.1) is 0 Å². The van der Waals surface area contributed by atoms with Gasteiger partial charge < -0.3 is 10.1 Å². The van der Waals surface area contributed by atoms with E-state index in [0.717, 1.165) is 12.1 Å². The van der Waals surface area contributed by atoms with E-state index in [-0.39, 0.29) is 11.1 Å². The number of para-hydroxylation sites is 3. The van der Waals surface area contributed by atoms with Crippen molar-refractivity contribution in [1.29, 1.82) is 0 Å². The van der Waals surface area contributed by atoms with Gasteiger partial charge in [0.2, 0.25) is 0 Å². The molecule has 0 radical (unpaired) electrons. The molecule has 0 aliphatic rings. The van der Waals surface area contributed by atoms with Crippen LogP contribution in [0.25, 0.3) is 0 Å². The fourth-order valence-corrected chi connectivity index (χ4v) is 2.68. The summed E-state index contributed by atoms with van der Waals surface area (Å²) in [5.74, 6) is 0.180. The van der Waals surface area contributed by atoms with Crippen LogP contribution in [0.4, 0.5) is 17.1 Å². The fraction of sp³-hybridized carbons (Fsp3) is 0.0500. The van der Waals surface area contributed by atoms with Crippen molar-refractivity contribution in [3.8, 4) is 11.5 Å². The van der Waals surface area contributed by atoms with Crippen molar-refractivity contribution in [3.05, 3.63) is 98.1 Å². The summed E-state index contributed by atoms with van der Waals surface area (Å²) >= 11 is 0. The van der Waals surface area contributed by atoms with Gasteiger partial charge in [-0.1, -0.05) is 30.3 Å². The highest BCUT2D eigenvalue weighted by Gasteiger charge is 2.25. The lowest BCUT2D eigenvalue weighted by molar-refractivity contribution is -0.394. The summed E-state index contributed by atoms with van der Waals surface area (Å²) in [6.07, 6.45) is 0. The lowest BCUT2D eigenvalue weighted by Crippen LogP contribution is -2.15. The van der Waals surface area contributed by atoms with E-state index in [1.807, 2.05) is 6.07 Å². The first-order valence-electron chi connectivity index (χ1n) is 8.43. The van der Waals surface area contributed by atoms with Crippen molar-refractivity contribution in [2.45, 2.75) is 6.92 Å². The zero-order valence-electron chi connectivity index (χ0n) is 15.2. The van der Waals surface area contributed by atoms with Gasteiger partial charge in [0.15, 0.2) is 5.75 Å². The summed E-state index contributed by atoms with van der Waals surface area (Å²) in [5, 5.41) is 24.9. The Bertz CT molecular complexity index is 1100. The number of ether oxygens (including phenoxy) is 1. The van der Waals surface area contributed by atoms with Crippen LogP contribution in [0.2, 0.25) is 0 Å². The molecular weight excluding hydrogens is 378 g/mol. The first kappa shape index (κ1) is 19.5. The number of carbonyl (C=O) groups excluding carboxylic acids is 1. The molecule has 1 N–H and O–H groups in total. The average Bonchev–Trinajstić information content (AvgIpc) is 2.70.